The van der Waals surface area contributed by atoms with E-state index in [1.807, 2.05) is 0 Å². The Bertz CT molecular complexity index is 2480. The average Bonchev–Trinajstić information content (AvgIpc) is 3.23. The molecule has 304 valence electrons. The second kappa shape index (κ2) is 20.6. The Morgan fingerprint density at radius 3 is 1.14 bits per heavy atom. The summed E-state index contributed by atoms with van der Waals surface area (Å²) in [6.07, 6.45) is 2.97. The largest absolute Gasteiger partial charge is 2.00 e. The van der Waals surface area contributed by atoms with Crippen molar-refractivity contribution in [3.8, 4) is 11.5 Å². The van der Waals surface area contributed by atoms with Crippen LogP contribution in [0.3, 0.4) is 0 Å². The van der Waals surface area contributed by atoms with E-state index in [0.717, 1.165) is 0 Å². The standard InChI is InChI=1S/2C20H16N3O5S.Pd/c2*1-28-17-10-12-18(13-11-17)29(26,27)22-20-5-3-2-4-19(20)21-14-15-6-8-16(9-7-15)23(24)25;/h2*2-14H,1H3;/q2*-1;+2. The smallest absolute Gasteiger partial charge is 0.571 e. The number of methoxy groups -OCH3 is 2. The van der Waals surface area contributed by atoms with E-state index in [4.69, 9.17) is 9.47 Å². The van der Waals surface area contributed by atoms with Crippen molar-refractivity contribution in [1.82, 2.24) is 0 Å². The van der Waals surface area contributed by atoms with Gasteiger partial charge >= 0.3 is 20.4 Å². The van der Waals surface area contributed by atoms with Gasteiger partial charge in [0.25, 0.3) is 11.4 Å². The van der Waals surface area contributed by atoms with Gasteiger partial charge in [-0.25, -0.2) is 16.8 Å². The first-order valence-electron chi connectivity index (χ1n) is 16.8. The molecule has 0 bridgehead atoms. The molecule has 0 aromatic heterocycles. The molecule has 0 atom stereocenters. The fourth-order valence-corrected chi connectivity index (χ4v) is 6.81. The van der Waals surface area contributed by atoms with Crippen LogP contribution in [0.5, 0.6) is 11.5 Å². The zero-order chi connectivity index (χ0) is 41.7. The van der Waals surface area contributed by atoms with Crippen molar-refractivity contribution in [2.45, 2.75) is 9.79 Å². The van der Waals surface area contributed by atoms with E-state index in [1.165, 1.54) is 75.2 Å². The number of nitro benzene ring substituents is 2. The van der Waals surface area contributed by atoms with E-state index in [2.05, 4.69) is 19.4 Å². The van der Waals surface area contributed by atoms with Crippen molar-refractivity contribution in [2.24, 2.45) is 9.98 Å². The van der Waals surface area contributed by atoms with Gasteiger partial charge in [0.05, 0.1) is 33.9 Å². The molecule has 0 amide bonds. The van der Waals surface area contributed by atoms with E-state index < -0.39 is 29.9 Å². The number of ether oxygens (including phenoxy) is 2. The monoisotopic (exact) mass is 926 g/mol. The summed E-state index contributed by atoms with van der Waals surface area (Å²) < 4.78 is 68.3. The quantitative estimate of drug-likeness (QED) is 0.0435. The number of aliphatic imine (C=N–C) groups is 2. The van der Waals surface area contributed by atoms with Gasteiger partial charge < -0.3 is 18.9 Å². The molecule has 19 heteroatoms. The van der Waals surface area contributed by atoms with E-state index in [1.54, 1.807) is 97.1 Å². The van der Waals surface area contributed by atoms with Crippen molar-refractivity contribution in [3.05, 3.63) is 186 Å². The number of hydrogen-bond acceptors (Lipinski definition) is 12. The Labute approximate surface area is 353 Å². The predicted molar refractivity (Wildman–Crippen MR) is 220 cm³/mol. The summed E-state index contributed by atoms with van der Waals surface area (Å²) in [5, 5.41) is 21.4. The molecule has 0 aliphatic carbocycles. The number of para-hydroxylation sites is 2. The topological polar surface area (TPSA) is 226 Å². The fraction of sp³-hybridized carbons (Fsp3) is 0.0500. The summed E-state index contributed by atoms with van der Waals surface area (Å²) in [5.74, 6) is 1.08. The minimum Gasteiger partial charge on any atom is -0.571 e. The maximum absolute atomic E-state index is 12.6. The average molecular weight is 927 g/mol. The number of non-ortho nitro benzene ring substituents is 2. The van der Waals surface area contributed by atoms with Crippen molar-refractivity contribution in [2.75, 3.05) is 14.2 Å². The van der Waals surface area contributed by atoms with Crippen LogP contribution in [-0.2, 0) is 40.5 Å². The Hall–Kier alpha value is -6.78. The predicted octanol–water partition coefficient (Wildman–Crippen LogP) is 9.49. The Balaban J connectivity index is 0.000000256. The molecular weight excluding hydrogens is 895 g/mol. The zero-order valence-electron chi connectivity index (χ0n) is 30.9. The first-order chi connectivity index (χ1) is 27.8. The summed E-state index contributed by atoms with van der Waals surface area (Å²) in [6, 6.07) is 36.6. The molecular formula is C40H32N6O10PdS2. The van der Waals surface area contributed by atoms with Gasteiger partial charge in [0.1, 0.15) is 31.5 Å². The zero-order valence-corrected chi connectivity index (χ0v) is 34.1. The molecule has 16 nitrogen and oxygen atoms in total. The summed E-state index contributed by atoms with van der Waals surface area (Å²) >= 11 is 0. The van der Waals surface area contributed by atoms with Gasteiger partial charge in [-0.3, -0.25) is 30.2 Å². The first kappa shape index (κ1) is 44.9. The summed E-state index contributed by atoms with van der Waals surface area (Å²) in [7, 11) is -4.89. The number of nitrogens with zero attached hydrogens (tertiary/aromatic N) is 6. The number of hydrogen-bond donors (Lipinski definition) is 0. The first-order valence-corrected chi connectivity index (χ1v) is 19.7. The summed E-state index contributed by atoms with van der Waals surface area (Å²) in [6.45, 7) is 0. The van der Waals surface area contributed by atoms with E-state index in [-0.39, 0.29) is 53.0 Å². The third-order valence-corrected chi connectivity index (χ3v) is 10.4. The van der Waals surface area contributed by atoms with E-state index in [9.17, 15) is 37.1 Å². The van der Waals surface area contributed by atoms with Crippen molar-refractivity contribution in [1.29, 1.82) is 0 Å². The molecule has 6 aromatic rings. The maximum atomic E-state index is 12.6. The van der Waals surface area contributed by atoms with Crippen LogP contribution in [0.15, 0.2) is 165 Å². The molecule has 0 heterocycles. The van der Waals surface area contributed by atoms with Crippen LogP contribution in [0.25, 0.3) is 9.44 Å². The summed E-state index contributed by atoms with van der Waals surface area (Å²) in [4.78, 5) is 29.1. The number of sulfonamides is 2. The van der Waals surface area contributed by atoms with Gasteiger partial charge in [-0.1, -0.05) is 36.4 Å². The number of benzene rings is 6. The van der Waals surface area contributed by atoms with Crippen LogP contribution in [0.1, 0.15) is 11.1 Å². The van der Waals surface area contributed by atoms with Crippen LogP contribution < -0.4 is 9.47 Å². The molecule has 0 fully saturated rings. The minimum absolute atomic E-state index is 0. The molecule has 0 radical (unpaired) electrons. The van der Waals surface area contributed by atoms with Crippen molar-refractivity contribution in [3.63, 3.8) is 0 Å². The second-order valence-electron chi connectivity index (χ2n) is 11.7. The van der Waals surface area contributed by atoms with Crippen molar-refractivity contribution < 1.29 is 56.6 Å². The van der Waals surface area contributed by atoms with Gasteiger partial charge in [0, 0.05) is 48.1 Å². The fourth-order valence-electron chi connectivity index (χ4n) is 4.81. The van der Waals surface area contributed by atoms with Crippen LogP contribution in [0.4, 0.5) is 34.1 Å². The minimum atomic E-state index is -3.94. The molecule has 59 heavy (non-hydrogen) atoms. The van der Waals surface area contributed by atoms with Crippen LogP contribution in [-0.4, -0.2) is 53.3 Å². The molecule has 0 unspecified atom stereocenters. The van der Waals surface area contributed by atoms with Crippen molar-refractivity contribution >= 4 is 66.6 Å². The van der Waals surface area contributed by atoms with Gasteiger partial charge in [0.2, 0.25) is 0 Å². The molecule has 0 aliphatic rings. The normalized spacial score (nSPS) is 11.2. The van der Waals surface area contributed by atoms with Gasteiger partial charge in [-0.05, 0) is 96.1 Å². The maximum Gasteiger partial charge on any atom is 2.00 e. The SMILES string of the molecule is COc1ccc(S(=O)(=O)[N-]c2ccccc2N=Cc2ccc([N+](=O)[O-])cc2)cc1.COc1ccc(S(=O)(=O)[N-]c2ccccc2N=Cc2ccc([N+](=O)[O-])cc2)cc1.[Pd+2]. The van der Waals surface area contributed by atoms with Gasteiger partial charge in [-0.15, -0.1) is 11.4 Å². The molecule has 0 saturated heterocycles. The molecule has 6 rings (SSSR count). The Kier molecular flexibility index (Phi) is 15.7. The van der Waals surface area contributed by atoms with Crippen LogP contribution in [0, 0.1) is 20.2 Å². The molecule has 6 aromatic carbocycles. The van der Waals surface area contributed by atoms with E-state index >= 15 is 0 Å². The number of nitro groups is 2. The Morgan fingerprint density at radius 2 is 0.831 bits per heavy atom. The van der Waals surface area contributed by atoms with Gasteiger partial charge in [-0.2, -0.15) is 0 Å². The van der Waals surface area contributed by atoms with E-state index in [0.29, 0.717) is 34.0 Å². The van der Waals surface area contributed by atoms with Crippen LogP contribution in [0.2, 0.25) is 0 Å². The number of rotatable bonds is 14. The second-order valence-corrected chi connectivity index (χ2v) is 14.9. The third kappa shape index (κ3) is 12.6. The van der Waals surface area contributed by atoms with Gasteiger partial charge in [0.15, 0.2) is 0 Å². The molecule has 0 aliphatic heterocycles. The molecule has 0 N–H and O–H groups in total. The molecule has 0 spiro atoms. The molecule has 0 saturated carbocycles. The Morgan fingerprint density at radius 1 is 0.508 bits per heavy atom. The summed E-state index contributed by atoms with van der Waals surface area (Å²) in [5.41, 5.74) is 2.27. The van der Waals surface area contributed by atoms with Crippen LogP contribution >= 0.6 is 0 Å². The third-order valence-electron chi connectivity index (χ3n) is 7.83.